The summed E-state index contributed by atoms with van der Waals surface area (Å²) in [6.07, 6.45) is 4.71. The summed E-state index contributed by atoms with van der Waals surface area (Å²) in [5.74, 6) is 0. The lowest BCUT2D eigenvalue weighted by Crippen LogP contribution is -2.29. The highest BCUT2D eigenvalue weighted by atomic mass is 15.1. The maximum absolute atomic E-state index is 3.92. The van der Waals surface area contributed by atoms with E-state index in [1.165, 1.54) is 36.2 Å². The van der Waals surface area contributed by atoms with E-state index in [0.717, 1.165) is 6.54 Å². The normalized spacial score (nSPS) is 16.6. The molecule has 0 bridgehead atoms. The van der Waals surface area contributed by atoms with E-state index in [9.17, 15) is 0 Å². The van der Waals surface area contributed by atoms with E-state index in [2.05, 4.69) is 50.4 Å². The Kier molecular flexibility index (Phi) is 3.28. The molecule has 0 amide bonds. The van der Waals surface area contributed by atoms with Crippen LogP contribution in [0.2, 0.25) is 0 Å². The third-order valence-corrected chi connectivity index (χ3v) is 3.80. The molecule has 2 rings (SSSR count). The van der Waals surface area contributed by atoms with Crippen molar-refractivity contribution in [2.75, 3.05) is 18.0 Å². The van der Waals surface area contributed by atoms with Crippen LogP contribution in [0.15, 0.2) is 24.8 Å². The van der Waals surface area contributed by atoms with Crippen molar-refractivity contribution in [2.24, 2.45) is 5.41 Å². The molecule has 1 aliphatic carbocycles. The second-order valence-corrected chi connectivity index (χ2v) is 5.59. The van der Waals surface area contributed by atoms with Gasteiger partial charge in [0.25, 0.3) is 0 Å². The molecule has 17 heavy (non-hydrogen) atoms. The number of hydrogen-bond acceptors (Lipinski definition) is 1. The van der Waals surface area contributed by atoms with Gasteiger partial charge < -0.3 is 4.90 Å². The molecule has 0 unspecified atom stereocenters. The monoisotopic (exact) mass is 229 g/mol. The van der Waals surface area contributed by atoms with E-state index in [4.69, 9.17) is 0 Å². The van der Waals surface area contributed by atoms with Crippen LogP contribution in [0.5, 0.6) is 0 Å². The average molecular weight is 229 g/mol. The van der Waals surface area contributed by atoms with Gasteiger partial charge in [-0.1, -0.05) is 31.7 Å². The predicted octanol–water partition coefficient (Wildman–Crippen LogP) is 4.26. The van der Waals surface area contributed by atoms with Crippen molar-refractivity contribution in [1.29, 1.82) is 0 Å². The minimum Gasteiger partial charge on any atom is -0.371 e. The lowest BCUT2D eigenvalue weighted by Gasteiger charge is -2.28. The Morgan fingerprint density at radius 1 is 1.41 bits per heavy atom. The third kappa shape index (κ3) is 2.71. The first-order valence-corrected chi connectivity index (χ1v) is 6.56. The number of rotatable bonds is 5. The van der Waals surface area contributed by atoms with E-state index in [1.807, 2.05) is 6.08 Å². The molecule has 1 aliphatic rings. The van der Waals surface area contributed by atoms with Crippen LogP contribution in [0.1, 0.15) is 37.8 Å². The fourth-order valence-electron chi connectivity index (χ4n) is 2.30. The zero-order valence-corrected chi connectivity index (χ0v) is 11.3. The fraction of sp³-hybridized carbons (Fsp3) is 0.500. The van der Waals surface area contributed by atoms with Crippen molar-refractivity contribution in [3.63, 3.8) is 0 Å². The average Bonchev–Trinajstić information content (AvgIpc) is 3.04. The van der Waals surface area contributed by atoms with Crippen LogP contribution in [-0.2, 0) is 0 Å². The first kappa shape index (κ1) is 12.2. The first-order valence-electron chi connectivity index (χ1n) is 6.56. The van der Waals surface area contributed by atoms with Crippen LogP contribution in [-0.4, -0.2) is 13.1 Å². The summed E-state index contributed by atoms with van der Waals surface area (Å²) in [4.78, 5) is 2.50. The SMILES string of the molecule is C=Cc1ccc(C)cc1N(CC)CC1(C)CC1. The smallest absolute Gasteiger partial charge is 0.0442 e. The molecule has 0 aromatic heterocycles. The fourth-order valence-corrected chi connectivity index (χ4v) is 2.30. The van der Waals surface area contributed by atoms with Gasteiger partial charge in [0.05, 0.1) is 0 Å². The summed E-state index contributed by atoms with van der Waals surface area (Å²) in [6, 6.07) is 6.62. The van der Waals surface area contributed by atoms with Crippen molar-refractivity contribution in [3.05, 3.63) is 35.9 Å². The molecule has 1 fully saturated rings. The zero-order chi connectivity index (χ0) is 12.5. The molecule has 0 aliphatic heterocycles. The highest BCUT2D eigenvalue weighted by Crippen LogP contribution is 2.46. The van der Waals surface area contributed by atoms with E-state index in [-0.39, 0.29) is 0 Å². The quantitative estimate of drug-likeness (QED) is 0.729. The Bertz CT molecular complexity index is 416. The number of hydrogen-bond donors (Lipinski definition) is 0. The second kappa shape index (κ2) is 4.56. The van der Waals surface area contributed by atoms with Crippen molar-refractivity contribution in [3.8, 4) is 0 Å². The van der Waals surface area contributed by atoms with E-state index >= 15 is 0 Å². The lowest BCUT2D eigenvalue weighted by molar-refractivity contribution is 0.554. The Hall–Kier alpha value is -1.24. The number of aryl methyl sites for hydroxylation is 1. The largest absolute Gasteiger partial charge is 0.371 e. The summed E-state index contributed by atoms with van der Waals surface area (Å²) >= 11 is 0. The molecule has 1 heteroatoms. The van der Waals surface area contributed by atoms with E-state index in [0.29, 0.717) is 5.41 Å². The second-order valence-electron chi connectivity index (χ2n) is 5.59. The molecule has 0 heterocycles. The highest BCUT2D eigenvalue weighted by Gasteiger charge is 2.38. The first-order chi connectivity index (χ1) is 8.08. The van der Waals surface area contributed by atoms with Gasteiger partial charge in [-0.05, 0) is 49.3 Å². The Morgan fingerprint density at radius 2 is 2.12 bits per heavy atom. The molecular formula is C16H23N. The summed E-state index contributed by atoms with van der Waals surface area (Å²) in [7, 11) is 0. The summed E-state index contributed by atoms with van der Waals surface area (Å²) in [6.45, 7) is 12.9. The van der Waals surface area contributed by atoms with Gasteiger partial charge in [-0.3, -0.25) is 0 Å². The van der Waals surface area contributed by atoms with Gasteiger partial charge in [0, 0.05) is 18.8 Å². The van der Waals surface area contributed by atoms with E-state index in [1.54, 1.807) is 0 Å². The van der Waals surface area contributed by atoms with Gasteiger partial charge in [0.1, 0.15) is 0 Å². The van der Waals surface area contributed by atoms with Gasteiger partial charge in [-0.25, -0.2) is 0 Å². The Labute approximate surface area is 105 Å². The topological polar surface area (TPSA) is 3.24 Å². The lowest BCUT2D eigenvalue weighted by atomic mass is 10.1. The Balaban J connectivity index is 2.28. The predicted molar refractivity (Wildman–Crippen MR) is 76.5 cm³/mol. The maximum atomic E-state index is 3.92. The van der Waals surface area contributed by atoms with Crippen LogP contribution >= 0.6 is 0 Å². The number of nitrogens with zero attached hydrogens (tertiary/aromatic N) is 1. The van der Waals surface area contributed by atoms with Gasteiger partial charge >= 0.3 is 0 Å². The van der Waals surface area contributed by atoms with Crippen LogP contribution < -0.4 is 4.90 Å². The van der Waals surface area contributed by atoms with Gasteiger partial charge in [0.2, 0.25) is 0 Å². The molecular weight excluding hydrogens is 206 g/mol. The van der Waals surface area contributed by atoms with Crippen molar-refractivity contribution in [2.45, 2.75) is 33.6 Å². The molecule has 1 aromatic carbocycles. The molecule has 0 atom stereocenters. The standard InChI is InChI=1S/C16H23N/c1-5-14-8-7-13(3)11-15(14)17(6-2)12-16(4)9-10-16/h5,7-8,11H,1,6,9-10,12H2,2-4H3. The number of benzene rings is 1. The van der Waals surface area contributed by atoms with Crippen LogP contribution in [0.3, 0.4) is 0 Å². The molecule has 1 nitrogen and oxygen atoms in total. The minimum atomic E-state index is 0.554. The van der Waals surface area contributed by atoms with Crippen molar-refractivity contribution >= 4 is 11.8 Å². The maximum Gasteiger partial charge on any atom is 0.0442 e. The van der Waals surface area contributed by atoms with Crippen LogP contribution in [0.4, 0.5) is 5.69 Å². The Morgan fingerprint density at radius 3 is 2.65 bits per heavy atom. The van der Waals surface area contributed by atoms with Crippen molar-refractivity contribution < 1.29 is 0 Å². The molecule has 1 saturated carbocycles. The van der Waals surface area contributed by atoms with Crippen molar-refractivity contribution in [1.82, 2.24) is 0 Å². The molecule has 92 valence electrons. The van der Waals surface area contributed by atoms with Crippen LogP contribution in [0.25, 0.3) is 6.08 Å². The molecule has 1 aromatic rings. The van der Waals surface area contributed by atoms with Crippen LogP contribution in [0, 0.1) is 12.3 Å². The minimum absolute atomic E-state index is 0.554. The summed E-state index contributed by atoms with van der Waals surface area (Å²) < 4.78 is 0. The molecule has 0 saturated heterocycles. The van der Waals surface area contributed by atoms with Gasteiger partial charge in [0.15, 0.2) is 0 Å². The molecule has 0 radical (unpaired) electrons. The summed E-state index contributed by atoms with van der Waals surface area (Å²) in [5.41, 5.74) is 4.47. The highest BCUT2D eigenvalue weighted by molar-refractivity contribution is 5.67. The summed E-state index contributed by atoms with van der Waals surface area (Å²) in [5, 5.41) is 0. The zero-order valence-electron chi connectivity index (χ0n) is 11.3. The number of anilines is 1. The van der Waals surface area contributed by atoms with E-state index < -0.39 is 0 Å². The molecule has 0 N–H and O–H groups in total. The molecule has 0 spiro atoms. The van der Waals surface area contributed by atoms with Gasteiger partial charge in [-0.2, -0.15) is 0 Å². The third-order valence-electron chi connectivity index (χ3n) is 3.80. The van der Waals surface area contributed by atoms with Gasteiger partial charge in [-0.15, -0.1) is 0 Å².